The van der Waals surface area contributed by atoms with Crippen LogP contribution in [0.3, 0.4) is 0 Å². The van der Waals surface area contributed by atoms with Crippen LogP contribution in [-0.2, 0) is 0 Å². The highest BCUT2D eigenvalue weighted by Crippen LogP contribution is 2.12. The third-order valence-electron chi connectivity index (χ3n) is 0.853. The van der Waals surface area contributed by atoms with E-state index in [9.17, 15) is 0 Å². The van der Waals surface area contributed by atoms with E-state index in [4.69, 9.17) is 0 Å². The molecule has 0 aliphatic rings. The zero-order valence-corrected chi connectivity index (χ0v) is 7.44. The Morgan fingerprint density at radius 1 is 1.50 bits per heavy atom. The minimum Gasteiger partial charge on any atom is -0.164 e. The van der Waals surface area contributed by atoms with Gasteiger partial charge in [-0.2, -0.15) is 23.5 Å². The van der Waals surface area contributed by atoms with Crippen molar-refractivity contribution in [2.24, 2.45) is 0 Å². The van der Waals surface area contributed by atoms with Crippen LogP contribution in [0.4, 0.5) is 0 Å². The number of thioether (sulfide) groups is 2. The van der Waals surface area contributed by atoms with E-state index in [1.165, 1.54) is 11.5 Å². The first kappa shape index (κ1) is 8.70. The van der Waals surface area contributed by atoms with Gasteiger partial charge >= 0.3 is 0 Å². The minimum absolute atomic E-state index is 0.843. The van der Waals surface area contributed by atoms with Gasteiger partial charge < -0.3 is 0 Å². The smallest absolute Gasteiger partial charge is 0.0109 e. The lowest BCUT2D eigenvalue weighted by atomic mass is 10.6. The molecule has 0 fully saturated rings. The van der Waals surface area contributed by atoms with Gasteiger partial charge in [0.15, 0.2) is 0 Å². The molecule has 0 aromatic rings. The number of hydrogen-bond donors (Lipinski definition) is 0. The highest BCUT2D eigenvalue weighted by Gasteiger charge is 1.96. The average molecular weight is 150 g/mol. The summed E-state index contributed by atoms with van der Waals surface area (Å²) in [6.45, 7) is 4.49. The van der Waals surface area contributed by atoms with Gasteiger partial charge in [-0.3, -0.25) is 0 Å². The summed E-state index contributed by atoms with van der Waals surface area (Å²) in [4.78, 5) is 0. The molecule has 0 bridgehead atoms. The average Bonchev–Trinajstić information content (AvgIpc) is 1.68. The lowest BCUT2D eigenvalue weighted by molar-refractivity contribution is 1.13. The predicted molar refractivity (Wildman–Crippen MR) is 46.0 cm³/mol. The molecule has 1 unspecified atom stereocenters. The summed E-state index contributed by atoms with van der Waals surface area (Å²) in [5, 5.41) is 0.843. The van der Waals surface area contributed by atoms with E-state index in [0.717, 1.165) is 5.25 Å². The molecule has 8 heavy (non-hydrogen) atoms. The van der Waals surface area contributed by atoms with E-state index < -0.39 is 0 Å². The molecule has 0 spiro atoms. The second-order valence-corrected chi connectivity index (χ2v) is 4.35. The standard InChI is InChI=1S/C6H14S2/c1-4-8-6(2)5-7-3/h6H,4-5H2,1-3H3. The van der Waals surface area contributed by atoms with E-state index in [0.29, 0.717) is 0 Å². The largest absolute Gasteiger partial charge is 0.164 e. The Hall–Kier alpha value is 0.700. The normalized spacial score (nSPS) is 13.9. The van der Waals surface area contributed by atoms with E-state index in [-0.39, 0.29) is 0 Å². The summed E-state index contributed by atoms with van der Waals surface area (Å²) in [7, 11) is 0. The first-order valence-corrected chi connectivity index (χ1v) is 5.36. The number of rotatable bonds is 4. The Kier molecular flexibility index (Phi) is 6.34. The summed E-state index contributed by atoms with van der Waals surface area (Å²) in [5.74, 6) is 2.54. The van der Waals surface area contributed by atoms with Crippen molar-refractivity contribution in [3.8, 4) is 0 Å². The molecule has 0 N–H and O–H groups in total. The fraction of sp³-hybridized carbons (Fsp3) is 1.00. The van der Waals surface area contributed by atoms with Crippen molar-refractivity contribution < 1.29 is 0 Å². The summed E-state index contributed by atoms with van der Waals surface area (Å²) in [5.41, 5.74) is 0. The van der Waals surface area contributed by atoms with Crippen LogP contribution in [-0.4, -0.2) is 23.0 Å². The zero-order valence-electron chi connectivity index (χ0n) is 5.81. The van der Waals surface area contributed by atoms with Crippen molar-refractivity contribution >= 4 is 23.5 Å². The quantitative estimate of drug-likeness (QED) is 0.604. The lowest BCUT2D eigenvalue weighted by Crippen LogP contribution is -1.98. The molecule has 1 atom stereocenters. The van der Waals surface area contributed by atoms with Gasteiger partial charge in [-0.05, 0) is 12.0 Å². The fourth-order valence-corrected chi connectivity index (χ4v) is 2.40. The van der Waals surface area contributed by atoms with Crippen molar-refractivity contribution in [2.45, 2.75) is 19.1 Å². The molecule has 0 heterocycles. The summed E-state index contributed by atoms with van der Waals surface area (Å²) < 4.78 is 0. The number of hydrogen-bond acceptors (Lipinski definition) is 2. The molecule has 0 aromatic carbocycles. The van der Waals surface area contributed by atoms with Crippen LogP contribution in [0, 0.1) is 0 Å². The van der Waals surface area contributed by atoms with E-state index in [1.54, 1.807) is 0 Å². The van der Waals surface area contributed by atoms with Crippen molar-refractivity contribution in [3.63, 3.8) is 0 Å². The van der Waals surface area contributed by atoms with Crippen LogP contribution in [0.15, 0.2) is 0 Å². The lowest BCUT2D eigenvalue weighted by Gasteiger charge is -2.05. The molecule has 0 saturated heterocycles. The van der Waals surface area contributed by atoms with Crippen LogP contribution in [0.5, 0.6) is 0 Å². The van der Waals surface area contributed by atoms with Gasteiger partial charge in [-0.1, -0.05) is 13.8 Å². The predicted octanol–water partition coefficient (Wildman–Crippen LogP) is 2.49. The molecule has 0 nitrogen and oxygen atoms in total. The minimum atomic E-state index is 0.843. The highest BCUT2D eigenvalue weighted by molar-refractivity contribution is 8.03. The molecule has 50 valence electrons. The van der Waals surface area contributed by atoms with E-state index >= 15 is 0 Å². The van der Waals surface area contributed by atoms with Crippen molar-refractivity contribution in [1.82, 2.24) is 0 Å². The van der Waals surface area contributed by atoms with Gasteiger partial charge in [0, 0.05) is 11.0 Å². The maximum Gasteiger partial charge on any atom is 0.0109 e. The van der Waals surface area contributed by atoms with E-state index in [1.807, 2.05) is 23.5 Å². The first-order chi connectivity index (χ1) is 3.81. The van der Waals surface area contributed by atoms with E-state index in [2.05, 4.69) is 20.1 Å². The Morgan fingerprint density at radius 3 is 2.50 bits per heavy atom. The Morgan fingerprint density at radius 2 is 2.12 bits per heavy atom. The molecular formula is C6H14S2. The third-order valence-corrected chi connectivity index (χ3v) is 2.97. The molecule has 0 saturated carbocycles. The monoisotopic (exact) mass is 150 g/mol. The fourth-order valence-electron chi connectivity index (χ4n) is 0.567. The highest BCUT2D eigenvalue weighted by atomic mass is 32.2. The topological polar surface area (TPSA) is 0 Å². The summed E-state index contributed by atoms with van der Waals surface area (Å²) >= 11 is 3.96. The zero-order chi connectivity index (χ0) is 6.41. The van der Waals surface area contributed by atoms with Crippen LogP contribution in [0.1, 0.15) is 13.8 Å². The molecule has 0 aliphatic heterocycles. The van der Waals surface area contributed by atoms with Crippen LogP contribution in [0.25, 0.3) is 0 Å². The SMILES string of the molecule is CCSC(C)CSC. The van der Waals surface area contributed by atoms with Crippen molar-refractivity contribution in [1.29, 1.82) is 0 Å². The van der Waals surface area contributed by atoms with Crippen molar-refractivity contribution in [2.75, 3.05) is 17.8 Å². The van der Waals surface area contributed by atoms with Gasteiger partial charge in [0.1, 0.15) is 0 Å². The van der Waals surface area contributed by atoms with Gasteiger partial charge in [-0.25, -0.2) is 0 Å². The van der Waals surface area contributed by atoms with Gasteiger partial charge in [0.2, 0.25) is 0 Å². The van der Waals surface area contributed by atoms with Gasteiger partial charge in [0.05, 0.1) is 0 Å². The molecule has 0 amide bonds. The second kappa shape index (κ2) is 5.83. The summed E-state index contributed by atoms with van der Waals surface area (Å²) in [6, 6.07) is 0. The second-order valence-electron chi connectivity index (χ2n) is 1.72. The molecule has 0 rings (SSSR count). The van der Waals surface area contributed by atoms with Crippen LogP contribution >= 0.6 is 23.5 Å². The van der Waals surface area contributed by atoms with Crippen molar-refractivity contribution in [3.05, 3.63) is 0 Å². The maximum absolute atomic E-state index is 2.28. The molecule has 0 aliphatic carbocycles. The molecule has 2 heteroatoms. The first-order valence-electron chi connectivity index (χ1n) is 2.91. The molecular weight excluding hydrogens is 136 g/mol. The Balaban J connectivity index is 2.92. The summed E-state index contributed by atoms with van der Waals surface area (Å²) in [6.07, 6.45) is 2.16. The third kappa shape index (κ3) is 4.85. The maximum atomic E-state index is 2.28. The van der Waals surface area contributed by atoms with Crippen LogP contribution in [0.2, 0.25) is 0 Å². The van der Waals surface area contributed by atoms with Crippen LogP contribution < -0.4 is 0 Å². The van der Waals surface area contributed by atoms with Gasteiger partial charge in [0.25, 0.3) is 0 Å². The Labute approximate surface area is 60.8 Å². The molecule has 0 aromatic heterocycles. The Bertz CT molecular complexity index is 39.8. The molecule has 0 radical (unpaired) electrons. The van der Waals surface area contributed by atoms with Gasteiger partial charge in [-0.15, -0.1) is 0 Å².